The molecule has 11 rings (SSSR count). The van der Waals surface area contributed by atoms with Crippen LogP contribution in [0.3, 0.4) is 0 Å². The average Bonchev–Trinajstić information content (AvgIpc) is 4.06. The largest absolute Gasteiger partial charge is 0.486 e. The normalized spacial score (nSPS) is 14.2. The summed E-state index contributed by atoms with van der Waals surface area (Å²) in [5.74, 6) is 6.44. The second-order valence-electron chi connectivity index (χ2n) is 17.1. The van der Waals surface area contributed by atoms with Crippen LogP contribution in [0.2, 0.25) is 17.3 Å². The maximum atomic E-state index is 15.5. The molecule has 5 aromatic heterocycles. The molecule has 5 heterocycles. The predicted molar refractivity (Wildman–Crippen MR) is 263 cm³/mol. The number of pyridine rings is 2. The van der Waals surface area contributed by atoms with Gasteiger partial charge in [0.2, 0.25) is 5.71 Å². The number of nitrogens with zero attached hydrogens (tertiary/aromatic N) is 4. The van der Waals surface area contributed by atoms with E-state index in [9.17, 15) is 0 Å². The molecule has 0 aliphatic heterocycles. The number of imidazole rings is 1. The molecule has 11 aromatic rings. The predicted octanol–water partition coefficient (Wildman–Crippen LogP) is 14.4. The molecule has 65 heavy (non-hydrogen) atoms. The van der Waals surface area contributed by atoms with Crippen molar-refractivity contribution in [2.24, 2.45) is 5.92 Å². The van der Waals surface area contributed by atoms with Gasteiger partial charge >= 0.3 is 139 Å². The zero-order valence-corrected chi connectivity index (χ0v) is 40.7. The Bertz CT molecular complexity index is 3860. The second-order valence-corrected chi connectivity index (χ2v) is 27.7. The van der Waals surface area contributed by atoms with Gasteiger partial charge in [0.1, 0.15) is 11.2 Å². The van der Waals surface area contributed by atoms with Crippen LogP contribution in [0.4, 0.5) is 4.39 Å². The first-order chi connectivity index (χ1) is 34.1. The molecule has 0 N–H and O–H groups in total. The number of benzene rings is 6. The molecule has 0 atom stereocenters. The summed E-state index contributed by atoms with van der Waals surface area (Å²) in [4.78, 5) is 13.8. The van der Waals surface area contributed by atoms with Crippen molar-refractivity contribution in [2.75, 3.05) is 0 Å². The molecule has 9 heteroatoms. The van der Waals surface area contributed by atoms with Crippen LogP contribution in [0, 0.1) is 37.6 Å². The summed E-state index contributed by atoms with van der Waals surface area (Å²) in [6.45, 7) is -0.834. The number of hydrogen-bond acceptors (Lipinski definition) is 5. The summed E-state index contributed by atoms with van der Waals surface area (Å²) in [5, 5.41) is 2.39. The first kappa shape index (κ1) is 35.1. The van der Waals surface area contributed by atoms with Crippen molar-refractivity contribution in [3.8, 4) is 39.5 Å². The van der Waals surface area contributed by atoms with E-state index in [1.54, 1.807) is 12.1 Å². The molecule has 0 amide bonds. The molecular formula is C56H47FGeIrN4O2-2. The van der Waals surface area contributed by atoms with E-state index in [0.29, 0.717) is 33.6 Å². The van der Waals surface area contributed by atoms with E-state index >= 15 is 4.39 Å². The minimum Gasteiger partial charge on any atom is -0.486 e. The number of aryl methyl sites for hydroxylation is 2. The Morgan fingerprint density at radius 3 is 2.35 bits per heavy atom. The number of furan rings is 2. The van der Waals surface area contributed by atoms with Gasteiger partial charge in [0.25, 0.3) is 0 Å². The Kier molecular flexibility index (Phi) is 9.54. The molecule has 0 saturated carbocycles. The fourth-order valence-corrected chi connectivity index (χ4v) is 11.3. The van der Waals surface area contributed by atoms with Gasteiger partial charge in [0.15, 0.2) is 0 Å². The van der Waals surface area contributed by atoms with E-state index in [1.807, 2.05) is 110 Å². The van der Waals surface area contributed by atoms with Crippen LogP contribution in [0.25, 0.3) is 94.5 Å². The second kappa shape index (κ2) is 17.7. The van der Waals surface area contributed by atoms with E-state index in [2.05, 4.69) is 51.5 Å². The van der Waals surface area contributed by atoms with E-state index in [-0.39, 0.29) is 54.0 Å². The van der Waals surface area contributed by atoms with E-state index in [1.165, 1.54) is 24.3 Å². The van der Waals surface area contributed by atoms with Crippen molar-refractivity contribution in [2.45, 2.75) is 51.2 Å². The SMILES string of the molecule is [2H]C([2H])([2H])c1c[c-]c(-c2cc(C([2H])([2H])C(C)C)[c]([Ge]([CH3])([CH3])[CH3])cn2)cc1.[2H]C([2H])([2H])c1ccc2c(n1)oc1c(-c3nc4ccccc4n3-c3ccc(-c4ccccc4)c4oc5ccccc5c34)[c-]cc(F)c12.[Ir]. The third kappa shape index (κ3) is 8.24. The molecule has 6 aromatic carbocycles. The van der Waals surface area contributed by atoms with Crippen molar-refractivity contribution >= 4 is 72.7 Å². The minimum absolute atomic E-state index is 0. The third-order valence-electron chi connectivity index (χ3n) is 11.2. The van der Waals surface area contributed by atoms with E-state index < -0.39 is 39.2 Å². The monoisotopic (exact) mass is 1100 g/mol. The summed E-state index contributed by atoms with van der Waals surface area (Å²) in [5.41, 5.74) is 8.52. The van der Waals surface area contributed by atoms with Gasteiger partial charge in [-0.2, -0.15) is 0 Å². The molecule has 6 nitrogen and oxygen atoms in total. The Balaban J connectivity index is 0.000000209. The zero-order chi connectivity index (χ0) is 51.1. The molecule has 0 aliphatic carbocycles. The Labute approximate surface area is 405 Å². The fourth-order valence-electron chi connectivity index (χ4n) is 8.33. The van der Waals surface area contributed by atoms with Crippen LogP contribution in [0.1, 0.15) is 41.6 Å². The molecule has 0 spiro atoms. The minimum atomic E-state index is -2.45. The summed E-state index contributed by atoms with van der Waals surface area (Å²) in [7, 11) is 0. The van der Waals surface area contributed by atoms with Gasteiger partial charge in [-0.15, -0.1) is 12.1 Å². The molecule has 0 bridgehead atoms. The Morgan fingerprint density at radius 2 is 1.58 bits per heavy atom. The molecular weight excluding hydrogens is 1040 g/mol. The smallest absolute Gasteiger partial charge is 0.216 e. The molecule has 0 saturated heterocycles. The van der Waals surface area contributed by atoms with Gasteiger partial charge < -0.3 is 13.4 Å². The van der Waals surface area contributed by atoms with Crippen molar-refractivity contribution < 1.29 is 44.3 Å². The van der Waals surface area contributed by atoms with Crippen LogP contribution in [-0.4, -0.2) is 32.8 Å². The molecule has 0 aliphatic rings. The summed E-state index contributed by atoms with van der Waals surface area (Å²) >= 11 is -2.32. The first-order valence-electron chi connectivity index (χ1n) is 25.1. The maximum absolute atomic E-state index is 15.5. The van der Waals surface area contributed by atoms with E-state index in [0.717, 1.165) is 54.2 Å². The first-order valence-corrected chi connectivity index (χ1v) is 28.4. The van der Waals surface area contributed by atoms with Crippen LogP contribution < -0.4 is 4.40 Å². The number of fused-ring (bicyclic) bond motifs is 7. The number of halogens is 1. The molecule has 325 valence electrons. The van der Waals surface area contributed by atoms with Gasteiger partial charge in [-0.1, -0.05) is 66.2 Å². The van der Waals surface area contributed by atoms with Gasteiger partial charge in [0, 0.05) is 52.1 Å². The van der Waals surface area contributed by atoms with Crippen molar-refractivity contribution in [1.29, 1.82) is 0 Å². The number of hydrogen-bond donors (Lipinski definition) is 0. The topological polar surface area (TPSA) is 69.9 Å². The van der Waals surface area contributed by atoms with Crippen LogP contribution >= 0.6 is 0 Å². The quantitative estimate of drug-likeness (QED) is 0.117. The zero-order valence-electron chi connectivity index (χ0n) is 44.2. The number of para-hydroxylation sites is 3. The molecule has 0 fully saturated rings. The van der Waals surface area contributed by atoms with Gasteiger partial charge in [0.05, 0.1) is 33.5 Å². The Morgan fingerprint density at radius 1 is 0.785 bits per heavy atom. The van der Waals surface area contributed by atoms with E-state index in [4.69, 9.17) is 24.8 Å². The maximum Gasteiger partial charge on any atom is 0.216 e. The fraction of sp³-hybridized carbons (Fsp3) is 0.161. The Hall–Kier alpha value is -6.19. The summed E-state index contributed by atoms with van der Waals surface area (Å²) < 4.78 is 94.2. The third-order valence-corrected chi connectivity index (χ3v) is 15.5. The summed E-state index contributed by atoms with van der Waals surface area (Å²) in [6, 6.07) is 46.6. The van der Waals surface area contributed by atoms with Gasteiger partial charge in [-0.25, -0.2) is 4.98 Å². The summed E-state index contributed by atoms with van der Waals surface area (Å²) in [6.07, 6.45) is 0.362. The van der Waals surface area contributed by atoms with Crippen molar-refractivity contribution in [1.82, 2.24) is 19.5 Å². The van der Waals surface area contributed by atoms with Crippen molar-refractivity contribution in [3.05, 3.63) is 174 Å². The molecule has 1 radical (unpaired) electrons. The van der Waals surface area contributed by atoms with Crippen LogP contribution in [0.15, 0.2) is 148 Å². The van der Waals surface area contributed by atoms with Gasteiger partial charge in [-0.05, 0) is 60.3 Å². The number of aromatic nitrogens is 4. The number of rotatable bonds is 7. The van der Waals surface area contributed by atoms with Crippen LogP contribution in [0.5, 0.6) is 0 Å². The van der Waals surface area contributed by atoms with Crippen LogP contribution in [-0.2, 0) is 26.5 Å². The standard InChI is InChI=1S/C37H21FN3O2.C19H26GeN.Ir/c1-21-15-16-25-32-27(38)19-17-26(35(32)43-37(25)39-21)36-40-28-12-6-7-13-29(28)41(36)30-20-18-23(22-9-3-2-4-10-22)34-33(30)24-11-5-8-14-31(24)42-34;1-14(2)11-17-12-19(16-9-7-15(3)8-10-16)21-13-18(17)20(4,5)6;/h2-16,18-20H,1H3;7-9,12-14H,11H2,1-6H3;/q2*-1;/i1D3;3D3,11D2;. The van der Waals surface area contributed by atoms with Gasteiger partial charge in [-0.3, -0.25) is 9.37 Å². The average molecular weight is 1100 g/mol. The molecule has 0 unspecified atom stereocenters. The van der Waals surface area contributed by atoms with Crippen molar-refractivity contribution in [3.63, 3.8) is 0 Å².